The van der Waals surface area contributed by atoms with Crippen molar-refractivity contribution in [2.75, 3.05) is 13.1 Å². The van der Waals surface area contributed by atoms with Crippen LogP contribution in [0.4, 0.5) is 10.5 Å². The van der Waals surface area contributed by atoms with Gasteiger partial charge in [-0.25, -0.2) is 13.2 Å². The number of carbonyl (C=O) groups is 2. The Bertz CT molecular complexity index is 1040. The lowest BCUT2D eigenvalue weighted by molar-refractivity contribution is -0.385. The number of carboxylic acids is 1. The first-order chi connectivity index (χ1) is 18.4. The van der Waals surface area contributed by atoms with E-state index >= 15 is 0 Å². The Balaban J connectivity index is 3.15. The van der Waals surface area contributed by atoms with E-state index in [1.807, 2.05) is 0 Å². The monoisotopic (exact) mass is 611 g/mol. The summed E-state index contributed by atoms with van der Waals surface area (Å²) in [6, 6.07) is 2.95. The van der Waals surface area contributed by atoms with Gasteiger partial charge >= 0.3 is 12.1 Å². The van der Waals surface area contributed by atoms with Crippen molar-refractivity contribution in [3.63, 3.8) is 0 Å². The molecule has 228 valence electrons. The van der Waals surface area contributed by atoms with E-state index in [4.69, 9.17) is 9.57 Å². The molecule has 2 N–H and O–H groups in total. The van der Waals surface area contributed by atoms with Crippen molar-refractivity contribution in [2.45, 2.75) is 77.9 Å². The molecule has 1 aromatic rings. The Morgan fingerprint density at radius 3 is 2.10 bits per heavy atom. The van der Waals surface area contributed by atoms with Crippen molar-refractivity contribution in [1.82, 2.24) is 10.4 Å². The van der Waals surface area contributed by atoms with E-state index in [0.29, 0.717) is 5.56 Å². The Kier molecular flexibility index (Phi) is 14.7. The van der Waals surface area contributed by atoms with Crippen LogP contribution in [0.15, 0.2) is 18.2 Å². The van der Waals surface area contributed by atoms with Crippen LogP contribution in [-0.4, -0.2) is 81.6 Å². The number of nitrogens with zero attached hydrogens (tertiary/aromatic N) is 2. The van der Waals surface area contributed by atoms with Crippen molar-refractivity contribution >= 4 is 40.5 Å². The molecule has 1 rings (SSSR count). The second-order valence-electron chi connectivity index (χ2n) is 9.71. The van der Waals surface area contributed by atoms with Gasteiger partial charge in [-0.2, -0.15) is 5.06 Å². The molecule has 1 aromatic carbocycles. The predicted molar refractivity (Wildman–Crippen MR) is 138 cm³/mol. The molecule has 0 bridgehead atoms. The summed E-state index contributed by atoms with van der Waals surface area (Å²) in [5.74, 6) is -1.25. The molecule has 40 heavy (non-hydrogen) atoms. The lowest BCUT2D eigenvalue weighted by Gasteiger charge is -2.28. The van der Waals surface area contributed by atoms with Crippen LogP contribution in [0.2, 0.25) is 0 Å². The van der Waals surface area contributed by atoms with Crippen molar-refractivity contribution in [3.05, 3.63) is 39.4 Å². The smallest absolute Gasteiger partial charge is 0.407 e. The highest BCUT2D eigenvalue weighted by atomic mass is 32.2. The number of nitro groups is 1. The summed E-state index contributed by atoms with van der Waals surface area (Å²) in [6.07, 6.45) is -3.41. The van der Waals surface area contributed by atoms with Gasteiger partial charge in [-0.3, -0.25) is 28.1 Å². The topological polar surface area (TPSA) is 230 Å². The van der Waals surface area contributed by atoms with Crippen LogP contribution in [0.3, 0.4) is 0 Å². The largest absolute Gasteiger partial charge is 0.750 e. The number of hydroxylamine groups is 2. The normalized spacial score (nSPS) is 15.6. The highest BCUT2D eigenvalue weighted by Gasteiger charge is 2.25. The second kappa shape index (κ2) is 16.6. The summed E-state index contributed by atoms with van der Waals surface area (Å²) < 4.78 is 57.8. The predicted octanol–water partition coefficient (Wildman–Crippen LogP) is 1.64. The Morgan fingerprint density at radius 2 is 1.65 bits per heavy atom. The Labute approximate surface area is 236 Å². The number of benzene rings is 1. The number of hydrogen-bond donors (Lipinski definition) is 2. The number of aliphatic carboxylic acids is 1. The SMILES string of the molecule is CC(CN(CC(C)OS(=O)[O-])OCc1ccc([N+](=O)[O-])c(C[C@@H](CC(=O)O)NC(=O)OC(C)(C)C)c1)OS(=O)[O-]. The molecular weight excluding hydrogens is 578 g/mol. The average molecular weight is 612 g/mol. The molecule has 0 aliphatic heterocycles. The van der Waals surface area contributed by atoms with Crippen molar-refractivity contribution < 1.29 is 55.1 Å². The Morgan fingerprint density at radius 1 is 1.10 bits per heavy atom. The van der Waals surface area contributed by atoms with Gasteiger partial charge in [-0.15, -0.1) is 0 Å². The van der Waals surface area contributed by atoms with Crippen LogP contribution in [0, 0.1) is 10.1 Å². The maximum absolute atomic E-state index is 12.2. The van der Waals surface area contributed by atoms with E-state index in [2.05, 4.69) is 13.7 Å². The fourth-order valence-corrected chi connectivity index (χ4v) is 4.10. The van der Waals surface area contributed by atoms with Gasteiger partial charge in [0.25, 0.3) is 5.69 Å². The first-order valence-corrected chi connectivity index (χ1v) is 13.8. The van der Waals surface area contributed by atoms with Crippen LogP contribution < -0.4 is 5.32 Å². The van der Waals surface area contributed by atoms with E-state index in [-0.39, 0.29) is 37.4 Å². The van der Waals surface area contributed by atoms with Crippen molar-refractivity contribution in [2.24, 2.45) is 0 Å². The number of amides is 1. The van der Waals surface area contributed by atoms with Crippen molar-refractivity contribution in [1.29, 1.82) is 0 Å². The number of nitro benzene ring substituents is 1. The van der Waals surface area contributed by atoms with Crippen LogP contribution in [0.1, 0.15) is 52.2 Å². The standard InChI is InChI=1S/C22H35N3O13S2/c1-14(37-39(31)32)11-24(12-15(2)38-40(33)34)35-13-16-6-7-19(25(29)30)17(8-16)9-18(10-20(26)27)23-21(28)36-22(3,4)5/h6-8,14-15,18H,9-13H2,1-5H3,(H,23,28)(H,26,27)(H,31,32)(H,33,34)/p-2/t14?,15?,18-/m0/s1. The second-order valence-corrected chi connectivity index (χ2v) is 10.9. The lowest BCUT2D eigenvalue weighted by Crippen LogP contribution is -2.41. The zero-order chi connectivity index (χ0) is 30.6. The van der Waals surface area contributed by atoms with E-state index < -0.39 is 70.0 Å². The molecule has 0 heterocycles. The van der Waals surface area contributed by atoms with Gasteiger partial charge in [0.1, 0.15) is 5.60 Å². The summed E-state index contributed by atoms with van der Waals surface area (Å²) in [6.45, 7) is 7.31. The molecule has 0 saturated carbocycles. The summed E-state index contributed by atoms with van der Waals surface area (Å²) in [5.41, 5.74) is -0.665. The first kappa shape index (κ1) is 35.4. The molecule has 18 heteroatoms. The van der Waals surface area contributed by atoms with E-state index in [1.54, 1.807) is 20.8 Å². The van der Waals surface area contributed by atoms with Crippen LogP contribution >= 0.6 is 0 Å². The van der Waals surface area contributed by atoms with Crippen molar-refractivity contribution in [3.8, 4) is 0 Å². The minimum Gasteiger partial charge on any atom is -0.750 e. The third-order valence-electron chi connectivity index (χ3n) is 4.77. The highest BCUT2D eigenvalue weighted by Crippen LogP contribution is 2.23. The number of carbonyl (C=O) groups excluding carboxylic acids is 1. The summed E-state index contributed by atoms with van der Waals surface area (Å²) in [5, 5.41) is 24.6. The summed E-state index contributed by atoms with van der Waals surface area (Å²) >= 11 is -5.62. The minimum absolute atomic E-state index is 0.108. The molecule has 0 saturated heterocycles. The van der Waals surface area contributed by atoms with Gasteiger partial charge in [0.05, 0.1) is 66.0 Å². The number of hydrogen-bond acceptors (Lipinski definition) is 13. The third kappa shape index (κ3) is 15.3. The molecule has 16 nitrogen and oxygen atoms in total. The summed E-state index contributed by atoms with van der Waals surface area (Å²) in [7, 11) is 0. The first-order valence-electron chi connectivity index (χ1n) is 11.8. The fraction of sp³-hybridized carbons (Fsp3) is 0.636. The van der Waals surface area contributed by atoms with Gasteiger partial charge < -0.3 is 24.3 Å². The zero-order valence-corrected chi connectivity index (χ0v) is 24.2. The molecule has 0 radical (unpaired) electrons. The molecule has 0 aliphatic carbocycles. The molecule has 0 aromatic heterocycles. The van der Waals surface area contributed by atoms with E-state index in [1.165, 1.54) is 37.1 Å². The summed E-state index contributed by atoms with van der Waals surface area (Å²) in [4.78, 5) is 40.3. The minimum atomic E-state index is -2.81. The van der Waals surface area contributed by atoms with E-state index in [0.717, 1.165) is 0 Å². The van der Waals surface area contributed by atoms with Crippen LogP contribution in [0.5, 0.6) is 0 Å². The maximum atomic E-state index is 12.2. The molecular formula is C22H33N3O13S2-2. The molecule has 0 spiro atoms. The third-order valence-corrected chi connectivity index (χ3v) is 5.74. The average Bonchev–Trinajstić information content (AvgIpc) is 2.74. The van der Waals surface area contributed by atoms with Crippen LogP contribution in [0.25, 0.3) is 0 Å². The highest BCUT2D eigenvalue weighted by molar-refractivity contribution is 7.74. The number of carboxylic acid groups (broad SMARTS) is 1. The van der Waals surface area contributed by atoms with Gasteiger partial charge in [0.15, 0.2) is 0 Å². The van der Waals surface area contributed by atoms with Gasteiger partial charge in [0.2, 0.25) is 0 Å². The lowest BCUT2D eigenvalue weighted by atomic mass is 9.99. The quantitative estimate of drug-likeness (QED) is 0.145. The van der Waals surface area contributed by atoms with Crippen LogP contribution in [-0.2, 0) is 58.5 Å². The zero-order valence-electron chi connectivity index (χ0n) is 22.6. The Hall–Kier alpha value is -2.58. The number of alkyl carbamates (subject to hydrolysis) is 1. The molecule has 5 atom stereocenters. The van der Waals surface area contributed by atoms with Gasteiger partial charge in [-0.05, 0) is 52.3 Å². The number of nitrogens with one attached hydrogen (secondary N) is 1. The molecule has 0 fully saturated rings. The molecule has 1 amide bonds. The molecule has 0 aliphatic rings. The van der Waals surface area contributed by atoms with Gasteiger partial charge in [0, 0.05) is 24.1 Å². The maximum Gasteiger partial charge on any atom is 0.407 e. The fourth-order valence-electron chi connectivity index (χ4n) is 3.44. The molecule has 4 unspecified atom stereocenters. The van der Waals surface area contributed by atoms with E-state index in [9.17, 15) is 42.3 Å². The number of rotatable bonds is 17. The number of ether oxygens (including phenoxy) is 1. The van der Waals surface area contributed by atoms with Gasteiger partial charge in [-0.1, -0.05) is 0 Å².